The molecule has 1 rings (SSSR count). The van der Waals surface area contributed by atoms with E-state index in [1.807, 2.05) is 14.1 Å². The number of ether oxygens (including phenoxy) is 1. The second kappa shape index (κ2) is 5.42. The third-order valence-corrected chi connectivity index (χ3v) is 2.25. The number of carbonyl (C=O) groups is 2. The Kier molecular flexibility index (Phi) is 4.38. The largest absolute Gasteiger partial charge is 0.443 e. The minimum Gasteiger partial charge on any atom is -0.443 e. The first-order chi connectivity index (χ1) is 8.20. The van der Waals surface area contributed by atoms with Gasteiger partial charge >= 0.3 is 6.09 Å². The zero-order valence-corrected chi connectivity index (χ0v) is 11.8. The van der Waals surface area contributed by atoms with Crippen molar-refractivity contribution in [3.05, 3.63) is 12.3 Å². The maximum absolute atomic E-state index is 12.0. The van der Waals surface area contributed by atoms with E-state index in [4.69, 9.17) is 4.74 Å². The molecular formula is C13H22N2O3. The van der Waals surface area contributed by atoms with Gasteiger partial charge in [-0.1, -0.05) is 0 Å². The first-order valence-electron chi connectivity index (χ1n) is 6.11. The van der Waals surface area contributed by atoms with E-state index in [9.17, 15) is 9.59 Å². The summed E-state index contributed by atoms with van der Waals surface area (Å²) in [4.78, 5) is 26.9. The first-order valence-corrected chi connectivity index (χ1v) is 6.11. The van der Waals surface area contributed by atoms with Gasteiger partial charge in [0.2, 0.25) is 0 Å². The van der Waals surface area contributed by atoms with Gasteiger partial charge in [0.05, 0.1) is 0 Å². The summed E-state index contributed by atoms with van der Waals surface area (Å²) in [6.45, 7) is 5.36. The molecule has 1 saturated carbocycles. The molecule has 0 N–H and O–H groups in total. The van der Waals surface area contributed by atoms with Crippen molar-refractivity contribution in [2.24, 2.45) is 0 Å². The third kappa shape index (κ3) is 4.77. The van der Waals surface area contributed by atoms with Crippen molar-refractivity contribution in [1.82, 2.24) is 9.80 Å². The molecule has 1 fully saturated rings. The quantitative estimate of drug-likeness (QED) is 0.723. The molecule has 0 radical (unpaired) electrons. The Morgan fingerprint density at radius 3 is 2.17 bits per heavy atom. The van der Waals surface area contributed by atoms with Crippen LogP contribution in [0, 0.1) is 0 Å². The van der Waals surface area contributed by atoms with Gasteiger partial charge in [-0.2, -0.15) is 0 Å². The molecular weight excluding hydrogens is 232 g/mol. The molecule has 5 heteroatoms. The number of nitrogens with zero attached hydrogens (tertiary/aromatic N) is 2. The van der Waals surface area contributed by atoms with E-state index in [1.54, 1.807) is 31.9 Å². The molecule has 0 aliphatic heterocycles. The predicted octanol–water partition coefficient (Wildman–Crippen LogP) is 1.99. The molecule has 5 nitrogen and oxygen atoms in total. The van der Waals surface area contributed by atoms with Crippen molar-refractivity contribution in [3.8, 4) is 0 Å². The van der Waals surface area contributed by atoms with Gasteiger partial charge in [-0.05, 0) is 33.6 Å². The summed E-state index contributed by atoms with van der Waals surface area (Å²) < 4.78 is 5.25. The Labute approximate surface area is 108 Å². The number of hydrogen-bond donors (Lipinski definition) is 0. The van der Waals surface area contributed by atoms with Crippen LogP contribution in [0.1, 0.15) is 33.6 Å². The average Bonchev–Trinajstić information content (AvgIpc) is 2.96. The van der Waals surface area contributed by atoms with E-state index in [0.29, 0.717) is 0 Å². The van der Waals surface area contributed by atoms with Crippen LogP contribution < -0.4 is 0 Å². The number of rotatable bonds is 3. The first kappa shape index (κ1) is 14.5. The van der Waals surface area contributed by atoms with Crippen LogP contribution in [0.15, 0.2) is 12.3 Å². The fraction of sp³-hybridized carbons (Fsp3) is 0.692. The van der Waals surface area contributed by atoms with Gasteiger partial charge in [0.15, 0.2) is 0 Å². The molecule has 0 aromatic rings. The second-order valence-corrected chi connectivity index (χ2v) is 5.70. The number of carbonyl (C=O) groups excluding carboxylic acids is 2. The van der Waals surface area contributed by atoms with Gasteiger partial charge in [-0.3, -0.25) is 4.79 Å². The molecule has 0 spiro atoms. The van der Waals surface area contributed by atoms with Crippen LogP contribution in [0.5, 0.6) is 0 Å². The lowest BCUT2D eigenvalue weighted by atomic mass is 10.2. The molecule has 1 aliphatic carbocycles. The molecule has 0 aromatic heterocycles. The molecule has 0 unspecified atom stereocenters. The summed E-state index contributed by atoms with van der Waals surface area (Å²) in [6.07, 6.45) is 4.18. The van der Waals surface area contributed by atoms with Gasteiger partial charge in [-0.25, -0.2) is 9.69 Å². The third-order valence-electron chi connectivity index (χ3n) is 2.25. The van der Waals surface area contributed by atoms with Crippen LogP contribution in [-0.4, -0.2) is 47.5 Å². The monoisotopic (exact) mass is 254 g/mol. The van der Waals surface area contributed by atoms with E-state index < -0.39 is 11.7 Å². The number of hydrogen-bond acceptors (Lipinski definition) is 4. The number of imide groups is 1. The minimum absolute atomic E-state index is 0.000776. The molecule has 1 aliphatic rings. The summed E-state index contributed by atoms with van der Waals surface area (Å²) in [5.74, 6) is -0.319. The van der Waals surface area contributed by atoms with Crippen LogP contribution in [0.25, 0.3) is 0 Å². The van der Waals surface area contributed by atoms with Crippen LogP contribution in [0.2, 0.25) is 0 Å². The lowest BCUT2D eigenvalue weighted by Crippen LogP contribution is -2.41. The zero-order chi connectivity index (χ0) is 13.9. The van der Waals surface area contributed by atoms with E-state index in [2.05, 4.69) is 0 Å². The van der Waals surface area contributed by atoms with Gasteiger partial charge in [0.1, 0.15) is 5.60 Å². The Morgan fingerprint density at radius 1 is 1.22 bits per heavy atom. The van der Waals surface area contributed by atoms with Crippen molar-refractivity contribution in [1.29, 1.82) is 0 Å². The highest BCUT2D eigenvalue weighted by molar-refractivity contribution is 5.99. The van der Waals surface area contributed by atoms with Gasteiger partial charge in [-0.15, -0.1) is 0 Å². The zero-order valence-electron chi connectivity index (χ0n) is 11.8. The summed E-state index contributed by atoms with van der Waals surface area (Å²) in [6, 6.07) is -0.000776. The minimum atomic E-state index is -0.588. The van der Waals surface area contributed by atoms with Gasteiger partial charge in [0.25, 0.3) is 5.91 Å². The smallest absolute Gasteiger partial charge is 0.417 e. The lowest BCUT2D eigenvalue weighted by Gasteiger charge is -2.25. The van der Waals surface area contributed by atoms with Crippen LogP contribution in [0.3, 0.4) is 0 Å². The van der Waals surface area contributed by atoms with E-state index >= 15 is 0 Å². The predicted molar refractivity (Wildman–Crippen MR) is 68.9 cm³/mol. The van der Waals surface area contributed by atoms with Crippen molar-refractivity contribution < 1.29 is 14.3 Å². The van der Waals surface area contributed by atoms with E-state index in [0.717, 1.165) is 12.8 Å². The maximum atomic E-state index is 12.0. The van der Waals surface area contributed by atoms with Crippen molar-refractivity contribution in [2.45, 2.75) is 45.3 Å². The fourth-order valence-corrected chi connectivity index (χ4v) is 1.36. The average molecular weight is 254 g/mol. The maximum Gasteiger partial charge on any atom is 0.417 e. The normalized spacial score (nSPS) is 15.6. The molecule has 2 amide bonds. The second-order valence-electron chi connectivity index (χ2n) is 5.70. The Morgan fingerprint density at radius 2 is 1.78 bits per heavy atom. The van der Waals surface area contributed by atoms with Crippen LogP contribution >= 0.6 is 0 Å². The van der Waals surface area contributed by atoms with E-state index in [1.165, 1.54) is 11.0 Å². The van der Waals surface area contributed by atoms with Crippen LogP contribution in [-0.2, 0) is 9.53 Å². The highest BCUT2D eigenvalue weighted by Gasteiger charge is 2.38. The Bertz CT molecular complexity index is 352. The number of amides is 2. The van der Waals surface area contributed by atoms with Gasteiger partial charge in [0, 0.05) is 32.4 Å². The highest BCUT2D eigenvalue weighted by atomic mass is 16.6. The molecule has 18 heavy (non-hydrogen) atoms. The molecule has 0 saturated heterocycles. The standard InChI is InChI=1S/C13H22N2O3/c1-13(2,3)18-12(17)15(10-6-7-10)11(16)8-9-14(4)5/h8-10H,6-7H2,1-5H3. The lowest BCUT2D eigenvalue weighted by molar-refractivity contribution is -0.125. The molecule has 0 atom stereocenters. The van der Waals surface area contributed by atoms with E-state index in [-0.39, 0.29) is 11.9 Å². The van der Waals surface area contributed by atoms with Crippen molar-refractivity contribution in [3.63, 3.8) is 0 Å². The summed E-state index contributed by atoms with van der Waals surface area (Å²) in [5, 5.41) is 0. The summed E-state index contributed by atoms with van der Waals surface area (Å²) in [7, 11) is 3.64. The summed E-state index contributed by atoms with van der Waals surface area (Å²) >= 11 is 0. The van der Waals surface area contributed by atoms with Crippen LogP contribution in [0.4, 0.5) is 4.79 Å². The Hall–Kier alpha value is -1.52. The Balaban J connectivity index is 2.71. The highest BCUT2D eigenvalue weighted by Crippen LogP contribution is 2.28. The van der Waals surface area contributed by atoms with Gasteiger partial charge < -0.3 is 9.64 Å². The molecule has 0 bridgehead atoms. The SMILES string of the molecule is CN(C)C=CC(=O)N(C(=O)OC(C)(C)C)C1CC1. The fourth-order valence-electron chi connectivity index (χ4n) is 1.36. The van der Waals surface area contributed by atoms with Crippen molar-refractivity contribution >= 4 is 12.0 Å². The molecule has 0 aromatic carbocycles. The van der Waals surface area contributed by atoms with Crippen molar-refractivity contribution in [2.75, 3.05) is 14.1 Å². The molecule has 0 heterocycles. The topological polar surface area (TPSA) is 49.9 Å². The molecule has 102 valence electrons. The summed E-state index contributed by atoms with van der Waals surface area (Å²) in [5.41, 5.74) is -0.588.